The molecular weight excluding hydrogens is 362 g/mol. The van der Waals surface area contributed by atoms with E-state index in [1.165, 1.54) is 18.9 Å². The van der Waals surface area contributed by atoms with E-state index in [2.05, 4.69) is 11.6 Å². The third-order valence-electron chi connectivity index (χ3n) is 3.41. The minimum Gasteiger partial charge on any atom is -0.397 e. The highest BCUT2D eigenvalue weighted by atomic mass is 127. The molecule has 0 spiro atoms. The maximum absolute atomic E-state index is 13.5. The summed E-state index contributed by atoms with van der Waals surface area (Å²) in [5.74, 6) is -0.204. The van der Waals surface area contributed by atoms with Crippen LogP contribution in [0.5, 0.6) is 0 Å². The Morgan fingerprint density at radius 1 is 1.44 bits per heavy atom. The molecule has 1 aliphatic rings. The molecule has 0 amide bonds. The van der Waals surface area contributed by atoms with Gasteiger partial charge in [0.05, 0.1) is 14.9 Å². The molecule has 0 heterocycles. The number of nitrogen functional groups attached to an aromatic ring is 1. The lowest BCUT2D eigenvalue weighted by Crippen LogP contribution is -2.28. The van der Waals surface area contributed by atoms with Crippen molar-refractivity contribution in [3.05, 3.63) is 21.5 Å². The summed E-state index contributed by atoms with van der Waals surface area (Å²) in [5.41, 5.74) is 7.30. The summed E-state index contributed by atoms with van der Waals surface area (Å²) in [4.78, 5) is 0. The smallest absolute Gasteiger partial charge is 0.138 e. The fraction of sp³-hybridized carbons (Fsp3) is 0.538. The third-order valence-corrected chi connectivity index (χ3v) is 5.33. The van der Waals surface area contributed by atoms with Crippen LogP contribution in [0.4, 0.5) is 15.8 Å². The van der Waals surface area contributed by atoms with Gasteiger partial charge in [-0.05, 0) is 54.2 Å². The molecule has 2 atom stereocenters. The van der Waals surface area contributed by atoms with Crippen LogP contribution in [0, 0.1) is 9.39 Å². The zero-order chi connectivity index (χ0) is 13.1. The molecule has 18 heavy (non-hydrogen) atoms. The second-order valence-electron chi connectivity index (χ2n) is 4.72. The van der Waals surface area contributed by atoms with Gasteiger partial charge in [0.1, 0.15) is 5.82 Å². The first kappa shape index (κ1) is 14.2. The number of benzene rings is 1. The predicted octanol–water partition coefficient (Wildman–Crippen LogP) is 4.10. The number of halogens is 2. The summed E-state index contributed by atoms with van der Waals surface area (Å²) in [6.45, 7) is 0. The minimum absolute atomic E-state index is 0.204. The van der Waals surface area contributed by atoms with Crippen molar-refractivity contribution < 1.29 is 4.39 Å². The molecule has 1 fully saturated rings. The molecule has 0 saturated heterocycles. The average Bonchev–Trinajstić information content (AvgIpc) is 2.36. The standard InChI is InChI=1S/C13H18FIN2S/c1-18-9-4-2-3-8(5-9)17-13-6-10(14)11(15)7-12(13)16/h6-9,17H,2-5,16H2,1H3. The Balaban J connectivity index is 2.07. The molecule has 2 unspecified atom stereocenters. The summed E-state index contributed by atoms with van der Waals surface area (Å²) < 4.78 is 14.1. The van der Waals surface area contributed by atoms with E-state index in [1.54, 1.807) is 6.07 Å². The normalized spacial score (nSPS) is 23.9. The van der Waals surface area contributed by atoms with Gasteiger partial charge in [-0.2, -0.15) is 11.8 Å². The largest absolute Gasteiger partial charge is 0.397 e. The Bertz CT molecular complexity index is 428. The van der Waals surface area contributed by atoms with E-state index in [1.807, 2.05) is 34.4 Å². The van der Waals surface area contributed by atoms with Crippen molar-refractivity contribution >= 4 is 45.7 Å². The van der Waals surface area contributed by atoms with Gasteiger partial charge in [-0.3, -0.25) is 0 Å². The van der Waals surface area contributed by atoms with E-state index in [4.69, 9.17) is 5.73 Å². The highest BCUT2D eigenvalue weighted by molar-refractivity contribution is 14.1. The van der Waals surface area contributed by atoms with Crippen LogP contribution in [-0.2, 0) is 0 Å². The van der Waals surface area contributed by atoms with E-state index < -0.39 is 0 Å². The van der Waals surface area contributed by atoms with Gasteiger partial charge in [0.2, 0.25) is 0 Å². The monoisotopic (exact) mass is 380 g/mol. The van der Waals surface area contributed by atoms with Crippen molar-refractivity contribution in [3.63, 3.8) is 0 Å². The summed E-state index contributed by atoms with van der Waals surface area (Å²) in [6.07, 6.45) is 6.95. The van der Waals surface area contributed by atoms with Crippen molar-refractivity contribution in [2.24, 2.45) is 0 Å². The molecule has 1 aliphatic carbocycles. The van der Waals surface area contributed by atoms with Gasteiger partial charge in [-0.1, -0.05) is 6.42 Å². The topological polar surface area (TPSA) is 38.0 Å². The molecule has 100 valence electrons. The Hall–Kier alpha value is -0.170. The molecule has 1 aromatic rings. The second-order valence-corrected chi connectivity index (χ2v) is 7.02. The van der Waals surface area contributed by atoms with E-state index in [0.717, 1.165) is 18.5 Å². The van der Waals surface area contributed by atoms with Crippen LogP contribution < -0.4 is 11.1 Å². The molecule has 1 aromatic carbocycles. The SMILES string of the molecule is CSC1CCCC(Nc2cc(F)c(I)cc2N)C1. The van der Waals surface area contributed by atoms with Crippen LogP contribution in [0.15, 0.2) is 12.1 Å². The molecule has 3 N–H and O–H groups in total. The van der Waals surface area contributed by atoms with Gasteiger partial charge in [0.15, 0.2) is 0 Å². The minimum atomic E-state index is -0.204. The second kappa shape index (κ2) is 6.32. The summed E-state index contributed by atoms with van der Waals surface area (Å²) >= 11 is 3.88. The van der Waals surface area contributed by atoms with Crippen molar-refractivity contribution in [2.75, 3.05) is 17.3 Å². The summed E-state index contributed by atoms with van der Waals surface area (Å²) in [7, 11) is 0. The first-order valence-electron chi connectivity index (χ1n) is 6.14. The molecule has 2 nitrogen and oxygen atoms in total. The lowest BCUT2D eigenvalue weighted by atomic mass is 9.94. The van der Waals surface area contributed by atoms with Crippen LogP contribution in [0.3, 0.4) is 0 Å². The van der Waals surface area contributed by atoms with Crippen LogP contribution in [0.25, 0.3) is 0 Å². The van der Waals surface area contributed by atoms with Crippen molar-refractivity contribution in [1.29, 1.82) is 0 Å². The fourth-order valence-electron chi connectivity index (χ4n) is 2.40. The Morgan fingerprint density at radius 3 is 2.94 bits per heavy atom. The fourth-order valence-corrected chi connectivity index (χ4v) is 3.72. The predicted molar refractivity (Wildman–Crippen MR) is 86.7 cm³/mol. The number of thioether (sulfide) groups is 1. The van der Waals surface area contributed by atoms with Crippen LogP contribution >= 0.6 is 34.4 Å². The van der Waals surface area contributed by atoms with Gasteiger partial charge in [-0.15, -0.1) is 0 Å². The van der Waals surface area contributed by atoms with Gasteiger partial charge >= 0.3 is 0 Å². The van der Waals surface area contributed by atoms with Gasteiger partial charge in [-0.25, -0.2) is 4.39 Å². The van der Waals surface area contributed by atoms with E-state index >= 15 is 0 Å². The maximum Gasteiger partial charge on any atom is 0.138 e. The number of hydrogen-bond acceptors (Lipinski definition) is 3. The van der Waals surface area contributed by atoms with E-state index in [-0.39, 0.29) is 5.82 Å². The zero-order valence-electron chi connectivity index (χ0n) is 10.4. The van der Waals surface area contributed by atoms with E-state index in [0.29, 0.717) is 20.5 Å². The zero-order valence-corrected chi connectivity index (χ0v) is 13.4. The number of nitrogens with two attached hydrogens (primary N) is 1. The van der Waals surface area contributed by atoms with Gasteiger partial charge in [0, 0.05) is 17.4 Å². The molecule has 0 bridgehead atoms. The first-order valence-corrected chi connectivity index (χ1v) is 8.50. The molecular formula is C13H18FIN2S. The first-order chi connectivity index (χ1) is 8.60. The third kappa shape index (κ3) is 3.44. The highest BCUT2D eigenvalue weighted by Crippen LogP contribution is 2.31. The number of rotatable bonds is 3. The number of hydrogen-bond donors (Lipinski definition) is 2. The number of anilines is 2. The number of nitrogens with one attached hydrogen (secondary N) is 1. The molecule has 2 rings (SSSR count). The van der Waals surface area contributed by atoms with Crippen LogP contribution in [-0.4, -0.2) is 17.5 Å². The van der Waals surface area contributed by atoms with Crippen LogP contribution in [0.2, 0.25) is 0 Å². The Labute approximate surface area is 125 Å². The van der Waals surface area contributed by atoms with E-state index in [9.17, 15) is 4.39 Å². The maximum atomic E-state index is 13.5. The average molecular weight is 380 g/mol. The van der Waals surface area contributed by atoms with Crippen molar-refractivity contribution in [2.45, 2.75) is 37.0 Å². The van der Waals surface area contributed by atoms with Crippen LogP contribution in [0.1, 0.15) is 25.7 Å². The van der Waals surface area contributed by atoms with Crippen molar-refractivity contribution in [1.82, 2.24) is 0 Å². The molecule has 0 aromatic heterocycles. The lowest BCUT2D eigenvalue weighted by molar-refractivity contribution is 0.473. The quantitative estimate of drug-likeness (QED) is 0.613. The van der Waals surface area contributed by atoms with Gasteiger partial charge in [0.25, 0.3) is 0 Å². The molecule has 1 saturated carbocycles. The lowest BCUT2D eigenvalue weighted by Gasteiger charge is -2.29. The summed E-state index contributed by atoms with van der Waals surface area (Å²) in [5, 5.41) is 4.11. The Kier molecular flexibility index (Phi) is 5.00. The van der Waals surface area contributed by atoms with Crippen molar-refractivity contribution in [3.8, 4) is 0 Å². The Morgan fingerprint density at radius 2 is 2.22 bits per heavy atom. The molecule has 0 aliphatic heterocycles. The highest BCUT2D eigenvalue weighted by Gasteiger charge is 2.21. The van der Waals surface area contributed by atoms with Gasteiger partial charge < -0.3 is 11.1 Å². The molecule has 0 radical (unpaired) electrons. The summed E-state index contributed by atoms with van der Waals surface area (Å²) in [6, 6.07) is 3.62. The molecule has 5 heteroatoms.